The third kappa shape index (κ3) is 3.10. The molecule has 0 aliphatic carbocycles. The normalized spacial score (nSPS) is 11.6. The first-order valence-electron chi connectivity index (χ1n) is 4.83. The second-order valence-electron chi connectivity index (χ2n) is 3.42. The van der Waals surface area contributed by atoms with Gasteiger partial charge in [0.15, 0.2) is 0 Å². The summed E-state index contributed by atoms with van der Waals surface area (Å²) in [5, 5.41) is 12.9. The summed E-state index contributed by atoms with van der Waals surface area (Å²) < 4.78 is 13.2. The SMILES string of the molecule is C=CC(C)NC(=O)c1ccc([N+](=O)[O-])c(F)c1. The Kier molecular flexibility index (Phi) is 3.92. The first kappa shape index (κ1) is 12.8. The number of carbonyl (C=O) groups is 1. The van der Waals surface area contributed by atoms with Gasteiger partial charge in [0, 0.05) is 17.7 Å². The lowest BCUT2D eigenvalue weighted by molar-refractivity contribution is -0.387. The van der Waals surface area contributed by atoms with E-state index in [4.69, 9.17) is 0 Å². The Hall–Kier alpha value is -2.24. The molecule has 0 aliphatic heterocycles. The highest BCUT2D eigenvalue weighted by atomic mass is 19.1. The van der Waals surface area contributed by atoms with Crippen LogP contribution in [0.1, 0.15) is 17.3 Å². The van der Waals surface area contributed by atoms with Crippen molar-refractivity contribution in [2.75, 3.05) is 0 Å². The number of nitrogens with one attached hydrogen (secondary N) is 1. The van der Waals surface area contributed by atoms with Crippen LogP contribution in [0.15, 0.2) is 30.9 Å². The van der Waals surface area contributed by atoms with Crippen LogP contribution in [-0.2, 0) is 0 Å². The van der Waals surface area contributed by atoms with Gasteiger partial charge in [0.2, 0.25) is 5.82 Å². The molecule has 0 aromatic heterocycles. The zero-order chi connectivity index (χ0) is 13.0. The Morgan fingerprint density at radius 3 is 2.76 bits per heavy atom. The second-order valence-corrected chi connectivity index (χ2v) is 3.42. The summed E-state index contributed by atoms with van der Waals surface area (Å²) >= 11 is 0. The molecule has 0 heterocycles. The monoisotopic (exact) mass is 238 g/mol. The van der Waals surface area contributed by atoms with Crippen molar-refractivity contribution in [3.8, 4) is 0 Å². The summed E-state index contributed by atoms with van der Waals surface area (Å²) in [6, 6.07) is 2.74. The molecule has 1 amide bonds. The van der Waals surface area contributed by atoms with Crippen LogP contribution in [0.4, 0.5) is 10.1 Å². The molecule has 0 spiro atoms. The zero-order valence-corrected chi connectivity index (χ0v) is 9.14. The molecule has 1 N–H and O–H groups in total. The van der Waals surface area contributed by atoms with Crippen LogP contribution in [0, 0.1) is 15.9 Å². The van der Waals surface area contributed by atoms with Crippen molar-refractivity contribution in [3.63, 3.8) is 0 Å². The summed E-state index contributed by atoms with van der Waals surface area (Å²) in [5.74, 6) is -1.54. The van der Waals surface area contributed by atoms with Gasteiger partial charge >= 0.3 is 5.69 Å². The summed E-state index contributed by atoms with van der Waals surface area (Å²) in [6.45, 7) is 5.19. The van der Waals surface area contributed by atoms with E-state index in [-0.39, 0.29) is 11.6 Å². The molecular formula is C11H11FN2O3. The van der Waals surface area contributed by atoms with Crippen LogP contribution in [0.2, 0.25) is 0 Å². The fraction of sp³-hybridized carbons (Fsp3) is 0.182. The number of carbonyl (C=O) groups excluding carboxylic acids is 1. The quantitative estimate of drug-likeness (QED) is 0.495. The average molecular weight is 238 g/mol. The standard InChI is InChI=1S/C11H11FN2O3/c1-3-7(2)13-11(15)8-4-5-10(14(16)17)9(12)6-8/h3-7H,1H2,2H3,(H,13,15). The number of halogens is 1. The van der Waals surface area contributed by atoms with E-state index in [1.54, 1.807) is 6.92 Å². The lowest BCUT2D eigenvalue weighted by Crippen LogP contribution is -2.30. The van der Waals surface area contributed by atoms with E-state index in [2.05, 4.69) is 11.9 Å². The molecule has 90 valence electrons. The van der Waals surface area contributed by atoms with E-state index >= 15 is 0 Å². The number of hydrogen-bond donors (Lipinski definition) is 1. The third-order valence-electron chi connectivity index (χ3n) is 2.12. The molecule has 0 bridgehead atoms. The molecule has 1 rings (SSSR count). The maximum absolute atomic E-state index is 13.2. The Labute approximate surface area is 97.1 Å². The van der Waals surface area contributed by atoms with Gasteiger partial charge in [-0.15, -0.1) is 6.58 Å². The van der Waals surface area contributed by atoms with Gasteiger partial charge in [-0.1, -0.05) is 6.08 Å². The maximum atomic E-state index is 13.2. The van der Waals surface area contributed by atoms with Gasteiger partial charge in [-0.2, -0.15) is 4.39 Å². The van der Waals surface area contributed by atoms with Gasteiger partial charge in [0.25, 0.3) is 5.91 Å². The van der Waals surface area contributed by atoms with Crippen molar-refractivity contribution in [2.24, 2.45) is 0 Å². The summed E-state index contributed by atoms with van der Waals surface area (Å²) in [4.78, 5) is 21.1. The van der Waals surface area contributed by atoms with Crippen LogP contribution in [0.5, 0.6) is 0 Å². The highest BCUT2D eigenvalue weighted by Crippen LogP contribution is 2.17. The molecular weight excluding hydrogens is 227 g/mol. The number of hydrogen-bond acceptors (Lipinski definition) is 3. The van der Waals surface area contributed by atoms with Gasteiger partial charge < -0.3 is 5.32 Å². The van der Waals surface area contributed by atoms with Crippen LogP contribution in [0.25, 0.3) is 0 Å². The second kappa shape index (κ2) is 5.20. The van der Waals surface area contributed by atoms with Crippen molar-refractivity contribution in [1.82, 2.24) is 5.32 Å². The van der Waals surface area contributed by atoms with Crippen LogP contribution >= 0.6 is 0 Å². The largest absolute Gasteiger partial charge is 0.346 e. The molecule has 1 atom stereocenters. The minimum atomic E-state index is -1.03. The Bertz CT molecular complexity index is 474. The van der Waals surface area contributed by atoms with E-state index in [1.807, 2.05) is 0 Å². The van der Waals surface area contributed by atoms with E-state index in [0.717, 1.165) is 12.1 Å². The molecule has 0 saturated heterocycles. The number of rotatable bonds is 4. The highest BCUT2D eigenvalue weighted by molar-refractivity contribution is 5.94. The van der Waals surface area contributed by atoms with E-state index in [1.165, 1.54) is 12.1 Å². The summed E-state index contributed by atoms with van der Waals surface area (Å²) in [7, 11) is 0. The lowest BCUT2D eigenvalue weighted by atomic mass is 10.1. The molecule has 17 heavy (non-hydrogen) atoms. The molecule has 0 saturated carbocycles. The van der Waals surface area contributed by atoms with Crippen molar-refractivity contribution >= 4 is 11.6 Å². The number of nitro benzene ring substituents is 1. The van der Waals surface area contributed by atoms with Crippen molar-refractivity contribution in [2.45, 2.75) is 13.0 Å². The Morgan fingerprint density at radius 2 is 2.29 bits per heavy atom. The number of benzene rings is 1. The molecule has 6 heteroatoms. The zero-order valence-electron chi connectivity index (χ0n) is 9.14. The Morgan fingerprint density at radius 1 is 1.65 bits per heavy atom. The summed E-state index contributed by atoms with van der Waals surface area (Å²) in [5.41, 5.74) is -0.625. The third-order valence-corrected chi connectivity index (χ3v) is 2.12. The average Bonchev–Trinajstić information content (AvgIpc) is 2.28. The minimum Gasteiger partial charge on any atom is -0.346 e. The van der Waals surface area contributed by atoms with E-state index in [0.29, 0.717) is 0 Å². The van der Waals surface area contributed by atoms with Crippen molar-refractivity contribution in [3.05, 3.63) is 52.3 Å². The van der Waals surface area contributed by atoms with Gasteiger partial charge in [-0.05, 0) is 19.1 Å². The molecule has 1 aromatic carbocycles. The van der Waals surface area contributed by atoms with Gasteiger partial charge in [-0.3, -0.25) is 14.9 Å². The molecule has 0 aliphatic rings. The summed E-state index contributed by atoms with van der Waals surface area (Å²) in [6.07, 6.45) is 1.51. The predicted molar refractivity (Wildman–Crippen MR) is 60.2 cm³/mol. The number of amides is 1. The van der Waals surface area contributed by atoms with Gasteiger partial charge in [-0.25, -0.2) is 0 Å². The van der Waals surface area contributed by atoms with Crippen molar-refractivity contribution < 1.29 is 14.1 Å². The first-order chi connectivity index (χ1) is 7.95. The van der Waals surface area contributed by atoms with Crippen LogP contribution in [0.3, 0.4) is 0 Å². The van der Waals surface area contributed by atoms with E-state index < -0.39 is 22.3 Å². The predicted octanol–water partition coefficient (Wildman–Crippen LogP) is 2.04. The Balaban J connectivity index is 2.94. The van der Waals surface area contributed by atoms with Gasteiger partial charge in [0.1, 0.15) is 0 Å². The lowest BCUT2D eigenvalue weighted by Gasteiger charge is -2.08. The topological polar surface area (TPSA) is 72.2 Å². The van der Waals surface area contributed by atoms with Crippen molar-refractivity contribution in [1.29, 1.82) is 0 Å². The maximum Gasteiger partial charge on any atom is 0.304 e. The first-order valence-corrected chi connectivity index (χ1v) is 4.83. The fourth-order valence-electron chi connectivity index (χ4n) is 1.15. The minimum absolute atomic E-state index is 0.0294. The molecule has 0 radical (unpaired) electrons. The molecule has 1 aromatic rings. The van der Waals surface area contributed by atoms with Crippen LogP contribution < -0.4 is 5.32 Å². The van der Waals surface area contributed by atoms with Crippen LogP contribution in [-0.4, -0.2) is 16.9 Å². The molecule has 0 fully saturated rings. The van der Waals surface area contributed by atoms with Gasteiger partial charge in [0.05, 0.1) is 4.92 Å². The molecule has 5 nitrogen and oxygen atoms in total. The smallest absolute Gasteiger partial charge is 0.304 e. The fourth-order valence-corrected chi connectivity index (χ4v) is 1.15. The number of nitrogens with zero attached hydrogens (tertiary/aromatic N) is 1. The highest BCUT2D eigenvalue weighted by Gasteiger charge is 2.16. The van der Waals surface area contributed by atoms with E-state index in [9.17, 15) is 19.3 Å². The number of nitro groups is 1. The molecule has 1 unspecified atom stereocenters.